The summed E-state index contributed by atoms with van der Waals surface area (Å²) in [5, 5.41) is 0. The Labute approximate surface area is 218 Å². The third-order valence-corrected chi connectivity index (χ3v) is 8.16. The fourth-order valence-corrected chi connectivity index (χ4v) is 6.41. The molecule has 3 atom stereocenters. The van der Waals surface area contributed by atoms with Crippen molar-refractivity contribution in [1.82, 2.24) is 0 Å². The summed E-state index contributed by atoms with van der Waals surface area (Å²) in [6.07, 6.45) is 6.99. The standard InChI is InChI=1S/C33H44O3/c1-7-11-26(27(10-4)31(35)16-22(6)34)18-24-19-30-29(14-12-21(5)33(30)32(36)20-24)28-15-13-23(8-2)17-25(28)9-3/h12-15,17,24,26-27H,7-11,16,18-20H2,1-6H3. The van der Waals surface area contributed by atoms with Gasteiger partial charge in [-0.1, -0.05) is 70.9 Å². The predicted octanol–water partition coefficient (Wildman–Crippen LogP) is 7.91. The van der Waals surface area contributed by atoms with Crippen LogP contribution in [-0.4, -0.2) is 17.3 Å². The molecular formula is C33H44O3. The topological polar surface area (TPSA) is 51.2 Å². The first kappa shape index (κ1) is 28.0. The Balaban J connectivity index is 1.98. The van der Waals surface area contributed by atoms with E-state index in [9.17, 15) is 14.4 Å². The van der Waals surface area contributed by atoms with Gasteiger partial charge in [0, 0.05) is 17.9 Å². The highest BCUT2D eigenvalue weighted by Crippen LogP contribution is 2.41. The number of aryl methyl sites for hydroxylation is 3. The first-order valence-corrected chi connectivity index (χ1v) is 14.0. The van der Waals surface area contributed by atoms with E-state index in [1.54, 1.807) is 0 Å². The second-order valence-electron chi connectivity index (χ2n) is 10.8. The molecule has 0 radical (unpaired) electrons. The molecule has 3 rings (SSSR count). The van der Waals surface area contributed by atoms with E-state index in [0.29, 0.717) is 6.42 Å². The molecule has 0 aliphatic heterocycles. The molecule has 3 nitrogen and oxygen atoms in total. The van der Waals surface area contributed by atoms with Crippen molar-refractivity contribution in [3.63, 3.8) is 0 Å². The second kappa shape index (κ2) is 12.6. The molecule has 1 aliphatic carbocycles. The zero-order chi connectivity index (χ0) is 26.4. The number of ketones is 3. The van der Waals surface area contributed by atoms with Crippen LogP contribution in [0.25, 0.3) is 11.1 Å². The number of fused-ring (bicyclic) bond motifs is 1. The summed E-state index contributed by atoms with van der Waals surface area (Å²) in [6.45, 7) is 12.1. The van der Waals surface area contributed by atoms with Crippen molar-refractivity contribution in [2.75, 3.05) is 0 Å². The molecule has 0 fully saturated rings. The van der Waals surface area contributed by atoms with Gasteiger partial charge in [0.25, 0.3) is 0 Å². The van der Waals surface area contributed by atoms with Gasteiger partial charge in [-0.3, -0.25) is 14.4 Å². The maximum Gasteiger partial charge on any atom is 0.163 e. The monoisotopic (exact) mass is 488 g/mol. The van der Waals surface area contributed by atoms with Gasteiger partial charge >= 0.3 is 0 Å². The third-order valence-electron chi connectivity index (χ3n) is 8.16. The Morgan fingerprint density at radius 3 is 2.31 bits per heavy atom. The largest absolute Gasteiger partial charge is 0.300 e. The van der Waals surface area contributed by atoms with Gasteiger partial charge in [0.15, 0.2) is 5.78 Å². The summed E-state index contributed by atoms with van der Waals surface area (Å²) in [4.78, 5) is 38.1. The van der Waals surface area contributed by atoms with E-state index in [-0.39, 0.29) is 41.5 Å². The fourth-order valence-electron chi connectivity index (χ4n) is 6.41. The average Bonchev–Trinajstić information content (AvgIpc) is 2.84. The Hall–Kier alpha value is -2.55. The summed E-state index contributed by atoms with van der Waals surface area (Å²) < 4.78 is 0. The van der Waals surface area contributed by atoms with Crippen LogP contribution < -0.4 is 0 Å². The zero-order valence-electron chi connectivity index (χ0n) is 23.2. The van der Waals surface area contributed by atoms with Crippen LogP contribution in [0.2, 0.25) is 0 Å². The van der Waals surface area contributed by atoms with E-state index in [0.717, 1.165) is 56.1 Å². The molecular weight excluding hydrogens is 444 g/mol. The summed E-state index contributed by atoms with van der Waals surface area (Å²) in [7, 11) is 0. The lowest BCUT2D eigenvalue weighted by Gasteiger charge is -2.32. The van der Waals surface area contributed by atoms with Crippen LogP contribution in [0.1, 0.15) is 106 Å². The first-order chi connectivity index (χ1) is 17.2. The number of hydrogen-bond donors (Lipinski definition) is 0. The Morgan fingerprint density at radius 1 is 0.972 bits per heavy atom. The minimum Gasteiger partial charge on any atom is -0.300 e. The quantitative estimate of drug-likeness (QED) is 0.285. The lowest BCUT2D eigenvalue weighted by atomic mass is 9.71. The highest BCUT2D eigenvalue weighted by Gasteiger charge is 2.34. The summed E-state index contributed by atoms with van der Waals surface area (Å²) in [5.74, 6) is 0.594. The molecule has 0 heterocycles. The van der Waals surface area contributed by atoms with Crippen LogP contribution in [0.4, 0.5) is 0 Å². The maximum absolute atomic E-state index is 13.5. The number of benzene rings is 2. The molecule has 0 saturated carbocycles. The molecule has 194 valence electrons. The van der Waals surface area contributed by atoms with Crippen LogP contribution in [0.3, 0.4) is 0 Å². The summed E-state index contributed by atoms with van der Waals surface area (Å²) in [6, 6.07) is 11.1. The van der Waals surface area contributed by atoms with Gasteiger partial charge in [-0.2, -0.15) is 0 Å². The molecule has 3 heteroatoms. The molecule has 0 saturated heterocycles. The predicted molar refractivity (Wildman–Crippen MR) is 149 cm³/mol. The zero-order valence-corrected chi connectivity index (χ0v) is 23.2. The lowest BCUT2D eigenvalue weighted by molar-refractivity contribution is -0.129. The molecule has 36 heavy (non-hydrogen) atoms. The minimum atomic E-state index is -0.101. The van der Waals surface area contributed by atoms with Gasteiger partial charge in [-0.05, 0) is 91.2 Å². The molecule has 1 aliphatic rings. The van der Waals surface area contributed by atoms with Crippen molar-refractivity contribution < 1.29 is 14.4 Å². The van der Waals surface area contributed by atoms with Gasteiger partial charge in [-0.15, -0.1) is 0 Å². The number of Topliss-reactive ketones (excluding diaryl/α,β-unsaturated/α-hetero) is 3. The molecule has 0 amide bonds. The Kier molecular flexibility index (Phi) is 9.82. The van der Waals surface area contributed by atoms with Crippen molar-refractivity contribution in [3.05, 3.63) is 58.1 Å². The lowest BCUT2D eigenvalue weighted by Crippen LogP contribution is -2.30. The summed E-state index contributed by atoms with van der Waals surface area (Å²) >= 11 is 0. The molecule has 0 aromatic heterocycles. The number of hydrogen-bond acceptors (Lipinski definition) is 3. The third kappa shape index (κ3) is 6.22. The fraction of sp³-hybridized carbons (Fsp3) is 0.545. The maximum atomic E-state index is 13.5. The molecule has 0 bridgehead atoms. The van der Waals surface area contributed by atoms with Crippen LogP contribution in [-0.2, 0) is 28.9 Å². The van der Waals surface area contributed by atoms with Gasteiger partial charge in [0.1, 0.15) is 11.6 Å². The van der Waals surface area contributed by atoms with E-state index in [4.69, 9.17) is 0 Å². The van der Waals surface area contributed by atoms with E-state index < -0.39 is 0 Å². The number of carbonyl (C=O) groups is 3. The van der Waals surface area contributed by atoms with E-state index in [1.807, 2.05) is 0 Å². The molecule has 0 spiro atoms. The Bertz CT molecular complexity index is 1110. The number of rotatable bonds is 12. The van der Waals surface area contributed by atoms with Crippen LogP contribution in [0.15, 0.2) is 30.3 Å². The van der Waals surface area contributed by atoms with Gasteiger partial charge in [0.05, 0.1) is 6.42 Å². The molecule has 2 aromatic rings. The van der Waals surface area contributed by atoms with Crippen LogP contribution >= 0.6 is 0 Å². The van der Waals surface area contributed by atoms with Gasteiger partial charge in [0.2, 0.25) is 0 Å². The van der Waals surface area contributed by atoms with Crippen molar-refractivity contribution in [2.45, 2.75) is 99.3 Å². The molecule has 3 unspecified atom stereocenters. The van der Waals surface area contributed by atoms with Crippen LogP contribution in [0.5, 0.6) is 0 Å². The van der Waals surface area contributed by atoms with Gasteiger partial charge < -0.3 is 0 Å². The molecule has 2 aromatic carbocycles. The van der Waals surface area contributed by atoms with Gasteiger partial charge in [-0.25, -0.2) is 0 Å². The van der Waals surface area contributed by atoms with Crippen molar-refractivity contribution in [2.24, 2.45) is 17.8 Å². The normalized spacial score (nSPS) is 16.9. The highest BCUT2D eigenvalue weighted by atomic mass is 16.1. The Morgan fingerprint density at radius 2 is 1.69 bits per heavy atom. The second-order valence-corrected chi connectivity index (χ2v) is 10.8. The van der Waals surface area contributed by atoms with E-state index in [1.165, 1.54) is 34.7 Å². The van der Waals surface area contributed by atoms with E-state index in [2.05, 4.69) is 65.0 Å². The van der Waals surface area contributed by atoms with Crippen LogP contribution in [0, 0.1) is 24.7 Å². The van der Waals surface area contributed by atoms with E-state index >= 15 is 0 Å². The highest BCUT2D eigenvalue weighted by molar-refractivity contribution is 6.02. The average molecular weight is 489 g/mol. The van der Waals surface area contributed by atoms with Crippen molar-refractivity contribution in [1.29, 1.82) is 0 Å². The first-order valence-electron chi connectivity index (χ1n) is 14.0. The smallest absolute Gasteiger partial charge is 0.163 e. The number of carbonyl (C=O) groups excluding carboxylic acids is 3. The molecule has 0 N–H and O–H groups in total. The van der Waals surface area contributed by atoms with Crippen molar-refractivity contribution >= 4 is 17.3 Å². The SMILES string of the molecule is CCCC(CC1CC(=O)c2c(C)ccc(-c3ccc(CC)cc3CC)c2C1)C(CC)C(=O)CC(C)=O. The van der Waals surface area contributed by atoms with Crippen molar-refractivity contribution in [3.8, 4) is 11.1 Å². The minimum absolute atomic E-state index is 0.0298. The summed E-state index contributed by atoms with van der Waals surface area (Å²) in [5.41, 5.74) is 8.28.